The SMILES string of the molecule is Cc1noc(C)c1C(=O)NCCCOCC1CC1. The summed E-state index contributed by atoms with van der Waals surface area (Å²) in [4.78, 5) is 11.8. The second-order valence-corrected chi connectivity index (χ2v) is 4.83. The maximum absolute atomic E-state index is 11.8. The Kier molecular flexibility index (Phi) is 4.36. The number of hydrogen-bond acceptors (Lipinski definition) is 4. The number of amides is 1. The summed E-state index contributed by atoms with van der Waals surface area (Å²) in [5, 5.41) is 6.61. The number of rotatable bonds is 7. The number of carbonyl (C=O) groups is 1. The first-order chi connectivity index (χ1) is 8.68. The van der Waals surface area contributed by atoms with Crippen LogP contribution in [0.5, 0.6) is 0 Å². The normalized spacial score (nSPS) is 14.8. The van der Waals surface area contributed by atoms with E-state index < -0.39 is 0 Å². The molecule has 0 atom stereocenters. The Hall–Kier alpha value is -1.36. The van der Waals surface area contributed by atoms with Crippen molar-refractivity contribution in [3.8, 4) is 0 Å². The van der Waals surface area contributed by atoms with E-state index in [2.05, 4.69) is 10.5 Å². The Bertz CT molecular complexity index is 391. The Morgan fingerprint density at radius 1 is 1.50 bits per heavy atom. The van der Waals surface area contributed by atoms with Gasteiger partial charge in [-0.15, -0.1) is 0 Å². The number of carbonyl (C=O) groups excluding carboxylic acids is 1. The fourth-order valence-corrected chi connectivity index (χ4v) is 1.81. The molecule has 1 aliphatic rings. The van der Waals surface area contributed by atoms with E-state index in [0.717, 1.165) is 18.9 Å². The van der Waals surface area contributed by atoms with Crippen LogP contribution in [0, 0.1) is 19.8 Å². The molecule has 1 heterocycles. The van der Waals surface area contributed by atoms with E-state index in [1.165, 1.54) is 12.8 Å². The van der Waals surface area contributed by atoms with Gasteiger partial charge in [0, 0.05) is 19.8 Å². The summed E-state index contributed by atoms with van der Waals surface area (Å²) in [5.41, 5.74) is 1.18. The summed E-state index contributed by atoms with van der Waals surface area (Å²) in [6.07, 6.45) is 3.45. The first kappa shape index (κ1) is 13.1. The Balaban J connectivity index is 1.62. The zero-order chi connectivity index (χ0) is 13.0. The van der Waals surface area contributed by atoms with Gasteiger partial charge in [0.1, 0.15) is 11.3 Å². The second kappa shape index (κ2) is 6.00. The van der Waals surface area contributed by atoms with Gasteiger partial charge in [-0.1, -0.05) is 5.16 Å². The highest BCUT2D eigenvalue weighted by Gasteiger charge is 2.21. The third-order valence-corrected chi connectivity index (χ3v) is 3.06. The van der Waals surface area contributed by atoms with Gasteiger partial charge in [0.05, 0.1) is 5.69 Å². The molecular weight excluding hydrogens is 232 g/mol. The molecule has 1 aromatic heterocycles. The monoisotopic (exact) mass is 252 g/mol. The lowest BCUT2D eigenvalue weighted by atomic mass is 10.2. The van der Waals surface area contributed by atoms with Crippen LogP contribution >= 0.6 is 0 Å². The maximum Gasteiger partial charge on any atom is 0.256 e. The summed E-state index contributed by atoms with van der Waals surface area (Å²) < 4.78 is 10.5. The lowest BCUT2D eigenvalue weighted by molar-refractivity contribution is 0.0935. The van der Waals surface area contributed by atoms with Crippen molar-refractivity contribution in [1.29, 1.82) is 0 Å². The van der Waals surface area contributed by atoms with Gasteiger partial charge < -0.3 is 14.6 Å². The molecule has 1 N–H and O–H groups in total. The molecule has 18 heavy (non-hydrogen) atoms. The van der Waals surface area contributed by atoms with Gasteiger partial charge in [-0.05, 0) is 39.0 Å². The first-order valence-corrected chi connectivity index (χ1v) is 6.47. The minimum atomic E-state index is -0.117. The minimum Gasteiger partial charge on any atom is -0.381 e. The topological polar surface area (TPSA) is 64.4 Å². The molecule has 0 aliphatic heterocycles. The lowest BCUT2D eigenvalue weighted by Crippen LogP contribution is -2.26. The highest BCUT2D eigenvalue weighted by atomic mass is 16.5. The quantitative estimate of drug-likeness (QED) is 0.752. The predicted octanol–water partition coefficient (Wildman–Crippen LogP) is 1.84. The summed E-state index contributed by atoms with van der Waals surface area (Å²) in [5.74, 6) is 1.24. The van der Waals surface area contributed by atoms with Crippen LogP contribution in [0.1, 0.15) is 41.1 Å². The van der Waals surface area contributed by atoms with E-state index in [-0.39, 0.29) is 5.91 Å². The van der Waals surface area contributed by atoms with Gasteiger partial charge >= 0.3 is 0 Å². The average molecular weight is 252 g/mol. The van der Waals surface area contributed by atoms with Crippen molar-refractivity contribution in [3.63, 3.8) is 0 Å². The highest BCUT2D eigenvalue weighted by Crippen LogP contribution is 2.28. The fourth-order valence-electron chi connectivity index (χ4n) is 1.81. The van der Waals surface area contributed by atoms with Crippen LogP contribution < -0.4 is 5.32 Å². The third kappa shape index (κ3) is 3.57. The molecule has 0 radical (unpaired) electrons. The minimum absolute atomic E-state index is 0.117. The molecule has 5 nitrogen and oxygen atoms in total. The standard InChI is InChI=1S/C13H20N2O3/c1-9-12(10(2)18-15-9)13(16)14-6-3-7-17-8-11-4-5-11/h11H,3-8H2,1-2H3,(H,14,16). The zero-order valence-corrected chi connectivity index (χ0v) is 11.0. The molecule has 5 heteroatoms. The fraction of sp³-hybridized carbons (Fsp3) is 0.692. The Morgan fingerprint density at radius 3 is 2.89 bits per heavy atom. The maximum atomic E-state index is 11.8. The number of aryl methyl sites for hydroxylation is 2. The molecule has 0 spiro atoms. The molecule has 1 fully saturated rings. The second-order valence-electron chi connectivity index (χ2n) is 4.83. The van der Waals surface area contributed by atoms with Crippen LogP contribution in [-0.4, -0.2) is 30.8 Å². The molecule has 1 aromatic rings. The van der Waals surface area contributed by atoms with Crippen LogP contribution in [0.2, 0.25) is 0 Å². The van der Waals surface area contributed by atoms with Gasteiger partial charge in [-0.3, -0.25) is 4.79 Å². The lowest BCUT2D eigenvalue weighted by Gasteiger charge is -2.05. The molecular formula is C13H20N2O3. The summed E-state index contributed by atoms with van der Waals surface area (Å²) in [6.45, 7) is 5.71. The third-order valence-electron chi connectivity index (χ3n) is 3.06. The molecule has 2 rings (SSSR count). The van der Waals surface area contributed by atoms with Crippen molar-refractivity contribution in [2.24, 2.45) is 5.92 Å². The van der Waals surface area contributed by atoms with E-state index in [4.69, 9.17) is 9.26 Å². The Morgan fingerprint density at radius 2 is 2.28 bits per heavy atom. The largest absolute Gasteiger partial charge is 0.381 e. The number of ether oxygens (including phenoxy) is 1. The number of nitrogens with one attached hydrogen (secondary N) is 1. The highest BCUT2D eigenvalue weighted by molar-refractivity contribution is 5.96. The smallest absolute Gasteiger partial charge is 0.256 e. The van der Waals surface area contributed by atoms with Crippen molar-refractivity contribution in [2.45, 2.75) is 33.1 Å². The molecule has 1 aliphatic carbocycles. The summed E-state index contributed by atoms with van der Waals surface area (Å²) in [7, 11) is 0. The molecule has 1 amide bonds. The molecule has 100 valence electrons. The van der Waals surface area contributed by atoms with Crippen molar-refractivity contribution >= 4 is 5.91 Å². The van der Waals surface area contributed by atoms with Gasteiger partial charge in [0.15, 0.2) is 0 Å². The van der Waals surface area contributed by atoms with E-state index in [1.807, 2.05) is 0 Å². The van der Waals surface area contributed by atoms with Gasteiger partial charge in [-0.2, -0.15) is 0 Å². The van der Waals surface area contributed by atoms with Crippen molar-refractivity contribution in [3.05, 3.63) is 17.0 Å². The number of aromatic nitrogens is 1. The van der Waals surface area contributed by atoms with Crippen LogP contribution in [0.3, 0.4) is 0 Å². The van der Waals surface area contributed by atoms with Crippen molar-refractivity contribution < 1.29 is 14.1 Å². The van der Waals surface area contributed by atoms with Crippen LogP contribution in [-0.2, 0) is 4.74 Å². The molecule has 1 saturated carbocycles. The number of hydrogen-bond donors (Lipinski definition) is 1. The Labute approximate surface area is 107 Å². The van der Waals surface area contributed by atoms with E-state index in [9.17, 15) is 4.79 Å². The van der Waals surface area contributed by atoms with Gasteiger partial charge in [-0.25, -0.2) is 0 Å². The summed E-state index contributed by atoms with van der Waals surface area (Å²) >= 11 is 0. The van der Waals surface area contributed by atoms with Crippen molar-refractivity contribution in [2.75, 3.05) is 19.8 Å². The number of nitrogens with zero attached hydrogens (tertiary/aromatic N) is 1. The van der Waals surface area contributed by atoms with Crippen LogP contribution in [0.4, 0.5) is 0 Å². The van der Waals surface area contributed by atoms with Gasteiger partial charge in [0.25, 0.3) is 5.91 Å². The molecule has 0 unspecified atom stereocenters. The van der Waals surface area contributed by atoms with Crippen LogP contribution in [0.15, 0.2) is 4.52 Å². The van der Waals surface area contributed by atoms with Crippen molar-refractivity contribution in [1.82, 2.24) is 10.5 Å². The van der Waals surface area contributed by atoms with E-state index >= 15 is 0 Å². The zero-order valence-electron chi connectivity index (χ0n) is 11.0. The molecule has 0 saturated heterocycles. The molecule has 0 bridgehead atoms. The predicted molar refractivity (Wildman–Crippen MR) is 66.5 cm³/mol. The van der Waals surface area contributed by atoms with Gasteiger partial charge in [0.2, 0.25) is 0 Å². The van der Waals surface area contributed by atoms with E-state index in [1.54, 1.807) is 13.8 Å². The summed E-state index contributed by atoms with van der Waals surface area (Å²) in [6, 6.07) is 0. The first-order valence-electron chi connectivity index (χ1n) is 6.47. The van der Waals surface area contributed by atoms with E-state index in [0.29, 0.717) is 30.2 Å². The average Bonchev–Trinajstić information content (AvgIpc) is 3.09. The van der Waals surface area contributed by atoms with Crippen LogP contribution in [0.25, 0.3) is 0 Å². The molecule has 0 aromatic carbocycles.